The van der Waals surface area contributed by atoms with Crippen LogP contribution in [0.3, 0.4) is 0 Å². The van der Waals surface area contributed by atoms with Crippen molar-refractivity contribution in [2.45, 2.75) is 102 Å². The summed E-state index contributed by atoms with van der Waals surface area (Å²) in [6, 6.07) is 12.7. The summed E-state index contributed by atoms with van der Waals surface area (Å²) in [4.78, 5) is 45.2. The smallest absolute Gasteiger partial charge is 0.318 e. The summed E-state index contributed by atoms with van der Waals surface area (Å²) < 4.78 is 29.6. The van der Waals surface area contributed by atoms with E-state index in [0.717, 1.165) is 31.2 Å². The quantitative estimate of drug-likeness (QED) is 0.0656. The second-order valence-corrected chi connectivity index (χ2v) is 17.3. The molecule has 1 aliphatic rings. The summed E-state index contributed by atoms with van der Waals surface area (Å²) in [5.74, 6) is -0.822. The molecule has 4 amide bonds. The fraction of sp³-hybridized carbons (Fsp3) is 0.513. The zero-order valence-electron chi connectivity index (χ0n) is 32.2. The van der Waals surface area contributed by atoms with Crippen LogP contribution in [0.25, 0.3) is 0 Å². The average Bonchev–Trinajstić information content (AvgIpc) is 3.86. The van der Waals surface area contributed by atoms with E-state index < -0.39 is 40.1 Å². The summed E-state index contributed by atoms with van der Waals surface area (Å²) in [5.41, 5.74) is 1.99. The Morgan fingerprint density at radius 3 is 2.33 bits per heavy atom. The van der Waals surface area contributed by atoms with Gasteiger partial charge in [-0.25, -0.2) is 18.2 Å². The van der Waals surface area contributed by atoms with Gasteiger partial charge in [0.05, 0.1) is 41.5 Å². The molecule has 2 aromatic carbocycles. The van der Waals surface area contributed by atoms with Crippen LogP contribution in [0.2, 0.25) is 0 Å². The molecule has 16 heteroatoms. The molecule has 300 valence electrons. The Balaban J connectivity index is 1.54. The van der Waals surface area contributed by atoms with Crippen molar-refractivity contribution in [3.8, 4) is 0 Å². The lowest BCUT2D eigenvalue weighted by molar-refractivity contribution is -0.125. The predicted octanol–water partition coefficient (Wildman–Crippen LogP) is 4.67. The maximum Gasteiger partial charge on any atom is 0.318 e. The molecular formula is C39H55N7O7S2. The van der Waals surface area contributed by atoms with E-state index in [9.17, 15) is 27.9 Å². The van der Waals surface area contributed by atoms with Crippen LogP contribution in [-0.2, 0) is 32.6 Å². The van der Waals surface area contributed by atoms with Gasteiger partial charge in [0, 0.05) is 32.4 Å². The molecule has 5 atom stereocenters. The number of oxime groups is 1. The highest BCUT2D eigenvalue weighted by molar-refractivity contribution is 7.89. The zero-order chi connectivity index (χ0) is 40.1. The zero-order valence-corrected chi connectivity index (χ0v) is 33.9. The molecule has 0 unspecified atom stereocenters. The molecule has 1 aromatic heterocycles. The van der Waals surface area contributed by atoms with Crippen molar-refractivity contribution in [3.63, 3.8) is 0 Å². The molecule has 0 radical (unpaired) electrons. The Kier molecular flexibility index (Phi) is 16.2. The van der Waals surface area contributed by atoms with Gasteiger partial charge < -0.3 is 31.2 Å². The average molecular weight is 798 g/mol. The Morgan fingerprint density at radius 1 is 1.04 bits per heavy atom. The first-order chi connectivity index (χ1) is 26.2. The highest BCUT2D eigenvalue weighted by Crippen LogP contribution is 2.28. The number of carbonyl (C=O) groups excluding carboxylic acids is 3. The number of urea groups is 1. The minimum atomic E-state index is -4.08. The van der Waals surface area contributed by atoms with Crippen molar-refractivity contribution < 1.29 is 33.1 Å². The number of rotatable bonds is 19. The summed E-state index contributed by atoms with van der Waals surface area (Å²) in [7, 11) is -2.47. The minimum Gasteiger partial charge on any atom is -0.411 e. The van der Waals surface area contributed by atoms with Gasteiger partial charge in [-0.05, 0) is 61.3 Å². The summed E-state index contributed by atoms with van der Waals surface area (Å²) >= 11 is 1.38. The second kappa shape index (κ2) is 20.5. The molecule has 0 saturated heterocycles. The third-order valence-corrected chi connectivity index (χ3v) is 12.9. The number of nitrogens with one attached hydrogen (secondary N) is 3. The maximum absolute atomic E-state index is 14.1. The van der Waals surface area contributed by atoms with Crippen LogP contribution in [-0.4, -0.2) is 95.3 Å². The van der Waals surface area contributed by atoms with Crippen LogP contribution in [0.5, 0.6) is 0 Å². The lowest BCUT2D eigenvalue weighted by Crippen LogP contribution is -2.58. The molecule has 0 aliphatic heterocycles. The molecule has 14 nitrogen and oxygen atoms in total. The van der Waals surface area contributed by atoms with Gasteiger partial charge in [-0.15, -0.1) is 11.3 Å². The molecule has 1 heterocycles. The number of aliphatic hydroxyl groups is 1. The number of thiazole rings is 1. The van der Waals surface area contributed by atoms with Crippen LogP contribution >= 0.6 is 11.3 Å². The first kappa shape index (κ1) is 43.3. The second-order valence-electron chi connectivity index (χ2n) is 14.4. The first-order valence-electron chi connectivity index (χ1n) is 18.7. The van der Waals surface area contributed by atoms with Crippen molar-refractivity contribution in [1.82, 2.24) is 30.1 Å². The molecular weight excluding hydrogens is 743 g/mol. The van der Waals surface area contributed by atoms with Gasteiger partial charge in [0.2, 0.25) is 21.8 Å². The van der Waals surface area contributed by atoms with Gasteiger partial charge in [-0.1, -0.05) is 80.7 Å². The summed E-state index contributed by atoms with van der Waals surface area (Å²) in [5, 5.41) is 35.0. The number of hydrogen-bond acceptors (Lipinski definition) is 10. The molecule has 3 aromatic rings. The predicted molar refractivity (Wildman–Crippen MR) is 212 cm³/mol. The molecule has 0 spiro atoms. The molecule has 4 rings (SSSR count). The van der Waals surface area contributed by atoms with Crippen molar-refractivity contribution >= 4 is 45.4 Å². The molecule has 5 N–H and O–H groups in total. The van der Waals surface area contributed by atoms with E-state index in [-0.39, 0.29) is 54.7 Å². The van der Waals surface area contributed by atoms with Gasteiger partial charge >= 0.3 is 6.03 Å². The summed E-state index contributed by atoms with van der Waals surface area (Å²) in [6.07, 6.45) is 4.44. The topological polar surface area (TPSA) is 194 Å². The van der Waals surface area contributed by atoms with Crippen molar-refractivity contribution in [2.24, 2.45) is 17.0 Å². The highest BCUT2D eigenvalue weighted by Gasteiger charge is 2.35. The largest absolute Gasteiger partial charge is 0.411 e. The summed E-state index contributed by atoms with van der Waals surface area (Å²) in [6.45, 7) is 7.16. The number of benzene rings is 2. The van der Waals surface area contributed by atoms with E-state index in [1.807, 2.05) is 56.5 Å². The highest BCUT2D eigenvalue weighted by atomic mass is 32.2. The van der Waals surface area contributed by atoms with Gasteiger partial charge in [0.25, 0.3) is 0 Å². The van der Waals surface area contributed by atoms with E-state index in [1.165, 1.54) is 45.8 Å². The number of amides is 4. The lowest BCUT2D eigenvalue weighted by Gasteiger charge is -2.33. The van der Waals surface area contributed by atoms with Gasteiger partial charge in [0.1, 0.15) is 11.0 Å². The van der Waals surface area contributed by atoms with Crippen LogP contribution in [0, 0.1) is 11.8 Å². The fourth-order valence-corrected chi connectivity index (χ4v) is 9.02. The van der Waals surface area contributed by atoms with E-state index in [1.54, 1.807) is 19.2 Å². The molecule has 1 aliphatic carbocycles. The number of hydrogen-bond donors (Lipinski definition) is 5. The Labute approximate surface area is 328 Å². The molecule has 0 bridgehead atoms. The van der Waals surface area contributed by atoms with Gasteiger partial charge in [-0.2, -0.15) is 4.31 Å². The van der Waals surface area contributed by atoms with Crippen LogP contribution in [0.15, 0.2) is 70.0 Å². The molecule has 55 heavy (non-hydrogen) atoms. The third-order valence-electron chi connectivity index (χ3n) is 10.0. The van der Waals surface area contributed by atoms with Crippen molar-refractivity contribution in [3.05, 3.63) is 81.8 Å². The van der Waals surface area contributed by atoms with E-state index in [4.69, 9.17) is 5.21 Å². The van der Waals surface area contributed by atoms with E-state index >= 15 is 0 Å². The number of sulfonamides is 1. The van der Waals surface area contributed by atoms with Gasteiger partial charge in [-0.3, -0.25) is 9.59 Å². The number of aromatic nitrogens is 1. The normalized spacial score (nSPS) is 16.3. The fourth-order valence-electron chi connectivity index (χ4n) is 6.67. The van der Waals surface area contributed by atoms with E-state index in [2.05, 4.69) is 26.1 Å². The minimum absolute atomic E-state index is 0.0382. The van der Waals surface area contributed by atoms with Crippen molar-refractivity contribution in [2.75, 3.05) is 20.1 Å². The number of aliphatic hydroxyl groups excluding tert-OH is 1. The van der Waals surface area contributed by atoms with Crippen LogP contribution in [0.1, 0.15) is 87.7 Å². The molecule has 1 saturated carbocycles. The Bertz CT molecular complexity index is 1830. The third kappa shape index (κ3) is 12.6. The lowest BCUT2D eigenvalue weighted by atomic mass is 9.96. The number of carbonyl (C=O) groups is 3. The SMILES string of the molecule is CC[C@H](C)[C@H](NC(=O)N(C)Cc1csc([C@H](C)NC(C)=O)n1)C(=O)N[C@@H](Cc1ccccc1)[C@@H](O)CN(CC1CCCC1)S(=O)(=O)c1ccc(C=NO)cc1. The van der Waals surface area contributed by atoms with Crippen LogP contribution < -0.4 is 16.0 Å². The van der Waals surface area contributed by atoms with Crippen molar-refractivity contribution in [1.29, 1.82) is 0 Å². The van der Waals surface area contributed by atoms with Gasteiger partial charge in [0.15, 0.2) is 0 Å². The Hall–Kier alpha value is -4.38. The Morgan fingerprint density at radius 2 is 1.71 bits per heavy atom. The maximum atomic E-state index is 14.1. The first-order valence-corrected chi connectivity index (χ1v) is 21.1. The number of nitrogens with zero attached hydrogens (tertiary/aromatic N) is 4. The van der Waals surface area contributed by atoms with E-state index in [0.29, 0.717) is 22.7 Å². The van der Waals surface area contributed by atoms with Crippen LogP contribution in [0.4, 0.5) is 4.79 Å². The monoisotopic (exact) mass is 797 g/mol. The molecule has 1 fully saturated rings. The standard InChI is InChI=1S/C39H55N7O7S2/c1-6-26(2)36(44-39(50)45(5)23-32-25-54-38(42-32)27(3)41-28(4)47)37(49)43-34(20-29-12-8-7-9-13-29)35(48)24-46(22-31-14-10-11-15-31)55(52,53)33-18-16-30(17-19-33)21-40-51/h7-9,12-13,16-19,21,25-27,31,34-36,48,51H,6,10-11,14-15,20,22-24H2,1-5H3,(H,41,47)(H,43,49)(H,44,50)/t26-,27-,34-,35-,36-/m0/s1.